The van der Waals surface area contributed by atoms with E-state index in [1.807, 2.05) is 11.8 Å². The van der Waals surface area contributed by atoms with Crippen LogP contribution in [0.25, 0.3) is 0 Å². The lowest BCUT2D eigenvalue weighted by molar-refractivity contribution is -0.137. The van der Waals surface area contributed by atoms with Crippen LogP contribution >= 0.6 is 12.4 Å². The van der Waals surface area contributed by atoms with Crippen LogP contribution in [0, 0.1) is 0 Å². The zero-order valence-corrected chi connectivity index (χ0v) is 18.2. The number of nitrogens with zero attached hydrogens (tertiary/aromatic N) is 2. The maximum Gasteiger partial charge on any atom is 0.416 e. The Morgan fingerprint density at radius 2 is 1.68 bits per heavy atom. The fourth-order valence-corrected chi connectivity index (χ4v) is 3.71. The van der Waals surface area contributed by atoms with Gasteiger partial charge >= 0.3 is 6.18 Å². The van der Waals surface area contributed by atoms with E-state index >= 15 is 0 Å². The molecule has 3 rings (SSSR count). The molecule has 2 aromatic rings. The number of amides is 1. The SMILES string of the molecule is CC(=O)Nc1ccc(C(O)C(C)N2CCN(c3cccc(C(F)(F)F)c3)CC2)cc1.Cl. The van der Waals surface area contributed by atoms with Crippen molar-refractivity contribution in [3.63, 3.8) is 0 Å². The minimum atomic E-state index is -4.36. The van der Waals surface area contributed by atoms with Gasteiger partial charge in [-0.05, 0) is 42.8 Å². The van der Waals surface area contributed by atoms with Crippen molar-refractivity contribution >= 4 is 29.7 Å². The number of hydrogen-bond donors (Lipinski definition) is 2. The van der Waals surface area contributed by atoms with Gasteiger partial charge < -0.3 is 15.3 Å². The Morgan fingerprint density at radius 3 is 2.23 bits per heavy atom. The monoisotopic (exact) mass is 457 g/mol. The molecule has 2 unspecified atom stereocenters. The van der Waals surface area contributed by atoms with E-state index < -0.39 is 17.8 Å². The Morgan fingerprint density at radius 1 is 1.06 bits per heavy atom. The quantitative estimate of drug-likeness (QED) is 0.701. The molecule has 2 atom stereocenters. The molecule has 1 aliphatic rings. The third-order valence-corrected chi connectivity index (χ3v) is 5.46. The van der Waals surface area contributed by atoms with Crippen molar-refractivity contribution in [2.75, 3.05) is 36.4 Å². The molecule has 1 heterocycles. The third kappa shape index (κ3) is 6.35. The molecule has 1 aliphatic heterocycles. The maximum atomic E-state index is 13.0. The molecule has 0 saturated carbocycles. The number of hydrogen-bond acceptors (Lipinski definition) is 4. The van der Waals surface area contributed by atoms with E-state index in [2.05, 4.69) is 10.2 Å². The second-order valence-electron chi connectivity index (χ2n) is 7.56. The molecule has 9 heteroatoms. The highest BCUT2D eigenvalue weighted by molar-refractivity contribution is 5.88. The summed E-state index contributed by atoms with van der Waals surface area (Å²) >= 11 is 0. The maximum absolute atomic E-state index is 13.0. The number of aliphatic hydroxyl groups is 1. The van der Waals surface area contributed by atoms with E-state index in [0.717, 1.165) is 11.6 Å². The van der Waals surface area contributed by atoms with Gasteiger partial charge in [0.05, 0.1) is 11.7 Å². The van der Waals surface area contributed by atoms with E-state index in [9.17, 15) is 23.1 Å². The average molecular weight is 458 g/mol. The summed E-state index contributed by atoms with van der Waals surface area (Å²) in [6.45, 7) is 5.81. The Labute approximate surface area is 186 Å². The van der Waals surface area contributed by atoms with Gasteiger partial charge in [0.15, 0.2) is 0 Å². The topological polar surface area (TPSA) is 55.8 Å². The predicted octanol–water partition coefficient (Wildman–Crippen LogP) is 4.33. The summed E-state index contributed by atoms with van der Waals surface area (Å²) in [4.78, 5) is 15.2. The molecular formula is C22H27ClF3N3O2. The number of carbonyl (C=O) groups is 1. The number of rotatable bonds is 5. The van der Waals surface area contributed by atoms with E-state index in [1.165, 1.54) is 19.1 Å². The minimum Gasteiger partial charge on any atom is -0.387 e. The molecule has 0 aromatic heterocycles. The summed E-state index contributed by atoms with van der Waals surface area (Å²) in [5, 5.41) is 13.4. The summed E-state index contributed by atoms with van der Waals surface area (Å²) in [5.74, 6) is -0.157. The van der Waals surface area contributed by atoms with Gasteiger partial charge in [0.1, 0.15) is 0 Å². The molecule has 2 N–H and O–H groups in total. The van der Waals surface area contributed by atoms with E-state index in [4.69, 9.17) is 0 Å². The molecule has 2 aromatic carbocycles. The molecule has 170 valence electrons. The van der Waals surface area contributed by atoms with Crippen LogP contribution in [0.15, 0.2) is 48.5 Å². The number of benzene rings is 2. The standard InChI is InChI=1S/C22H26F3N3O2.ClH/c1-15(21(30)17-6-8-19(9-7-17)26-16(2)29)27-10-12-28(13-11-27)20-5-3-4-18(14-20)22(23,24)25;/h3-9,14-15,21,30H,10-13H2,1-2H3,(H,26,29);1H. The number of nitrogens with one attached hydrogen (secondary N) is 1. The summed E-state index contributed by atoms with van der Waals surface area (Å²) in [6, 6.07) is 12.3. The number of piperazine rings is 1. The summed E-state index contributed by atoms with van der Waals surface area (Å²) in [7, 11) is 0. The second kappa shape index (κ2) is 10.3. The Hall–Kier alpha value is -2.29. The van der Waals surface area contributed by atoms with Crippen LogP contribution in [-0.4, -0.2) is 48.1 Å². The summed E-state index contributed by atoms with van der Waals surface area (Å²) in [6.07, 6.45) is -5.07. The molecule has 0 bridgehead atoms. The first kappa shape index (κ1) is 25.0. The van der Waals surface area contributed by atoms with Crippen LogP contribution in [0.1, 0.15) is 31.1 Å². The largest absolute Gasteiger partial charge is 0.416 e. The van der Waals surface area contributed by atoms with Crippen molar-refractivity contribution < 1.29 is 23.1 Å². The van der Waals surface area contributed by atoms with Gasteiger partial charge in [0.2, 0.25) is 5.91 Å². The van der Waals surface area contributed by atoms with Crippen molar-refractivity contribution in [2.45, 2.75) is 32.2 Å². The van der Waals surface area contributed by atoms with Gasteiger partial charge in [0, 0.05) is 50.5 Å². The van der Waals surface area contributed by atoms with Gasteiger partial charge in [-0.1, -0.05) is 18.2 Å². The molecule has 1 amide bonds. The number of carbonyl (C=O) groups excluding carboxylic acids is 1. The van der Waals surface area contributed by atoms with Crippen molar-refractivity contribution in [3.8, 4) is 0 Å². The molecule has 0 spiro atoms. The first-order valence-corrected chi connectivity index (χ1v) is 9.87. The van der Waals surface area contributed by atoms with Crippen LogP contribution in [0.5, 0.6) is 0 Å². The molecular weight excluding hydrogens is 431 g/mol. The van der Waals surface area contributed by atoms with Crippen LogP contribution in [-0.2, 0) is 11.0 Å². The van der Waals surface area contributed by atoms with Crippen LogP contribution in [0.2, 0.25) is 0 Å². The Kier molecular flexibility index (Phi) is 8.34. The highest BCUT2D eigenvalue weighted by Gasteiger charge is 2.31. The molecule has 5 nitrogen and oxygen atoms in total. The zero-order chi connectivity index (χ0) is 21.9. The second-order valence-corrected chi connectivity index (χ2v) is 7.56. The van der Waals surface area contributed by atoms with Crippen LogP contribution in [0.4, 0.5) is 24.5 Å². The molecule has 0 aliphatic carbocycles. The first-order valence-electron chi connectivity index (χ1n) is 9.87. The van der Waals surface area contributed by atoms with E-state index in [1.54, 1.807) is 30.3 Å². The Balaban J connectivity index is 0.00000341. The average Bonchev–Trinajstić information content (AvgIpc) is 2.72. The Bertz CT molecular complexity index is 869. The molecule has 1 fully saturated rings. The fourth-order valence-electron chi connectivity index (χ4n) is 3.71. The van der Waals surface area contributed by atoms with E-state index in [0.29, 0.717) is 37.6 Å². The van der Waals surface area contributed by atoms with Crippen molar-refractivity contribution in [1.82, 2.24) is 4.90 Å². The minimum absolute atomic E-state index is 0. The third-order valence-electron chi connectivity index (χ3n) is 5.46. The lowest BCUT2D eigenvalue weighted by Gasteiger charge is -2.40. The lowest BCUT2D eigenvalue weighted by Crippen LogP contribution is -2.51. The van der Waals surface area contributed by atoms with Gasteiger partial charge in [-0.25, -0.2) is 0 Å². The fraction of sp³-hybridized carbons (Fsp3) is 0.409. The molecule has 31 heavy (non-hydrogen) atoms. The van der Waals surface area contributed by atoms with Crippen LogP contribution < -0.4 is 10.2 Å². The summed E-state index contributed by atoms with van der Waals surface area (Å²) < 4.78 is 38.9. The van der Waals surface area contributed by atoms with Gasteiger partial charge in [-0.15, -0.1) is 12.4 Å². The highest BCUT2D eigenvalue weighted by atomic mass is 35.5. The highest BCUT2D eigenvalue weighted by Crippen LogP contribution is 2.32. The lowest BCUT2D eigenvalue weighted by atomic mass is 10.0. The normalized spacial score (nSPS) is 16.9. The number of anilines is 2. The number of aliphatic hydroxyl groups excluding tert-OH is 1. The number of halogens is 4. The van der Waals surface area contributed by atoms with Crippen molar-refractivity contribution in [2.24, 2.45) is 0 Å². The predicted molar refractivity (Wildman–Crippen MR) is 118 cm³/mol. The molecule has 1 saturated heterocycles. The van der Waals surface area contributed by atoms with Crippen LogP contribution in [0.3, 0.4) is 0 Å². The zero-order valence-electron chi connectivity index (χ0n) is 17.4. The van der Waals surface area contributed by atoms with Crippen molar-refractivity contribution in [1.29, 1.82) is 0 Å². The van der Waals surface area contributed by atoms with Gasteiger partial charge in [0.25, 0.3) is 0 Å². The van der Waals surface area contributed by atoms with Gasteiger partial charge in [-0.2, -0.15) is 13.2 Å². The first-order chi connectivity index (χ1) is 14.1. The van der Waals surface area contributed by atoms with Crippen molar-refractivity contribution in [3.05, 3.63) is 59.7 Å². The van der Waals surface area contributed by atoms with Gasteiger partial charge in [-0.3, -0.25) is 9.69 Å². The summed E-state index contributed by atoms with van der Waals surface area (Å²) in [5.41, 5.74) is 1.33. The number of alkyl halides is 3. The smallest absolute Gasteiger partial charge is 0.387 e. The molecule has 0 radical (unpaired) electrons. The van der Waals surface area contributed by atoms with E-state index in [-0.39, 0.29) is 24.4 Å².